The van der Waals surface area contributed by atoms with Crippen molar-refractivity contribution in [3.8, 4) is 0 Å². The first kappa shape index (κ1) is 73.6. The summed E-state index contributed by atoms with van der Waals surface area (Å²) in [7, 11) is 0. The zero-order valence-electron chi connectivity index (χ0n) is 54.2. The van der Waals surface area contributed by atoms with Gasteiger partial charge in [0.2, 0.25) is 0 Å². The maximum absolute atomic E-state index is 14.7. The molecule has 0 radical (unpaired) electrons. The normalized spacial score (nSPS) is 12.3. The van der Waals surface area contributed by atoms with Crippen molar-refractivity contribution >= 4 is 81.3 Å². The SMILES string of the molecule is CC(=O)CCCC[C@@H](Nc1nc(Nc2cnc(C)c(C)c2)c(C(N)=O)cc1F)C(C)C.CC(=O)CCCC[C@@H](Nc1nc(Nc2cnc(C)c(C)c2)c(C(N)=O)cc1F)[C@H](C)N.Cc1cc(Nc2nc(N[C@H](CCCN)C(C)C)c(F)cc2C(N)=O)cnc1C. The van der Waals surface area contributed by atoms with Crippen molar-refractivity contribution in [3.63, 3.8) is 0 Å². The molecule has 6 rings (SSSR count). The Morgan fingerprint density at radius 2 is 0.733 bits per heavy atom. The van der Waals surface area contributed by atoms with Crippen LogP contribution in [0.2, 0.25) is 0 Å². The van der Waals surface area contributed by atoms with Crippen LogP contribution in [0.1, 0.15) is 178 Å². The molecule has 0 saturated carbocycles. The number of nitrogens with zero attached hydrogens (tertiary/aromatic N) is 6. The number of ketones is 2. The van der Waals surface area contributed by atoms with Gasteiger partial charge in [0.15, 0.2) is 34.9 Å². The summed E-state index contributed by atoms with van der Waals surface area (Å²) in [6.07, 6.45) is 12.1. The lowest BCUT2D eigenvalue weighted by Crippen LogP contribution is -2.38. The summed E-state index contributed by atoms with van der Waals surface area (Å²) in [4.78, 5) is 83.6. The molecule has 6 aromatic heterocycles. The van der Waals surface area contributed by atoms with E-state index in [2.05, 4.69) is 61.8 Å². The van der Waals surface area contributed by atoms with Gasteiger partial charge in [0.1, 0.15) is 29.0 Å². The number of unbranched alkanes of at least 4 members (excludes halogenated alkanes) is 2. The molecule has 6 heterocycles. The summed E-state index contributed by atoms with van der Waals surface area (Å²) in [5, 5.41) is 18.4. The molecule has 25 heteroatoms. The van der Waals surface area contributed by atoms with Crippen molar-refractivity contribution in [2.75, 3.05) is 38.4 Å². The van der Waals surface area contributed by atoms with Gasteiger partial charge in [-0.25, -0.2) is 28.1 Å². The Labute approximate surface area is 526 Å². The molecule has 488 valence electrons. The largest absolute Gasteiger partial charge is 0.365 e. The summed E-state index contributed by atoms with van der Waals surface area (Å²) in [6, 6.07) is 8.29. The van der Waals surface area contributed by atoms with Crippen LogP contribution < -0.4 is 60.6 Å². The van der Waals surface area contributed by atoms with Crippen LogP contribution in [-0.2, 0) is 9.59 Å². The van der Waals surface area contributed by atoms with Crippen molar-refractivity contribution in [1.29, 1.82) is 0 Å². The zero-order valence-corrected chi connectivity index (χ0v) is 54.2. The molecule has 0 unspecified atom stereocenters. The number of pyridine rings is 6. The third-order valence-corrected chi connectivity index (χ3v) is 15.1. The number of aryl methyl sites for hydroxylation is 6. The summed E-state index contributed by atoms with van der Waals surface area (Å²) in [5.41, 5.74) is 35.3. The number of hydrogen-bond acceptors (Lipinski definition) is 19. The van der Waals surface area contributed by atoms with E-state index in [4.69, 9.17) is 28.7 Å². The molecular formula is C65H92F3N17O5. The van der Waals surface area contributed by atoms with E-state index in [9.17, 15) is 37.1 Å². The molecule has 6 aromatic rings. The number of primary amides is 3. The number of nitrogens with two attached hydrogens (primary N) is 5. The van der Waals surface area contributed by atoms with Gasteiger partial charge in [-0.05, 0) is 172 Å². The highest BCUT2D eigenvalue weighted by Gasteiger charge is 2.24. The number of carbonyl (C=O) groups is 5. The van der Waals surface area contributed by atoms with Crippen LogP contribution in [0.15, 0.2) is 55.0 Å². The monoisotopic (exact) mass is 1250 g/mol. The van der Waals surface area contributed by atoms with E-state index in [1.807, 2.05) is 94.4 Å². The predicted molar refractivity (Wildman–Crippen MR) is 351 cm³/mol. The van der Waals surface area contributed by atoms with Gasteiger partial charge in [0.25, 0.3) is 17.7 Å². The molecule has 4 atom stereocenters. The minimum absolute atomic E-state index is 0.00103. The highest BCUT2D eigenvalue weighted by molar-refractivity contribution is 6.00. The lowest BCUT2D eigenvalue weighted by atomic mass is 9.97. The highest BCUT2D eigenvalue weighted by Crippen LogP contribution is 2.30. The third kappa shape index (κ3) is 23.3. The van der Waals surface area contributed by atoms with E-state index in [1.165, 1.54) is 0 Å². The Bertz CT molecular complexity index is 3290. The molecule has 90 heavy (non-hydrogen) atoms. The second-order valence-electron chi connectivity index (χ2n) is 23.4. The summed E-state index contributed by atoms with van der Waals surface area (Å²) < 4.78 is 44.0. The van der Waals surface area contributed by atoms with Gasteiger partial charge in [-0.2, -0.15) is 0 Å². The Balaban J connectivity index is 0.000000289. The first-order valence-electron chi connectivity index (χ1n) is 30.2. The van der Waals surface area contributed by atoms with Crippen molar-refractivity contribution in [3.05, 3.63) is 123 Å². The van der Waals surface area contributed by atoms with Gasteiger partial charge in [-0.3, -0.25) is 29.3 Å². The number of nitrogens with one attached hydrogen (secondary N) is 6. The number of aromatic nitrogens is 6. The van der Waals surface area contributed by atoms with E-state index in [0.29, 0.717) is 42.9 Å². The number of rotatable bonds is 31. The van der Waals surface area contributed by atoms with Gasteiger partial charge in [0.05, 0.1) is 52.3 Å². The maximum Gasteiger partial charge on any atom is 0.252 e. The van der Waals surface area contributed by atoms with Gasteiger partial charge in [0, 0.05) is 54.1 Å². The third-order valence-electron chi connectivity index (χ3n) is 15.1. The fraction of sp³-hybridized carbons (Fsp3) is 0.462. The predicted octanol–water partition coefficient (Wildman–Crippen LogP) is 11.3. The van der Waals surface area contributed by atoms with Crippen LogP contribution in [-0.4, -0.2) is 89.9 Å². The van der Waals surface area contributed by atoms with Gasteiger partial charge >= 0.3 is 0 Å². The molecule has 0 bridgehead atoms. The number of hydrogen-bond donors (Lipinski definition) is 11. The summed E-state index contributed by atoms with van der Waals surface area (Å²) in [5.74, 6) is -2.98. The van der Waals surface area contributed by atoms with E-state index in [1.54, 1.807) is 32.4 Å². The van der Waals surface area contributed by atoms with Crippen LogP contribution in [0.25, 0.3) is 0 Å². The molecule has 0 fully saturated rings. The fourth-order valence-corrected chi connectivity index (χ4v) is 9.12. The number of Topliss-reactive ketones (excluding diaryl/α,β-unsaturated/α-hetero) is 2. The van der Waals surface area contributed by atoms with E-state index in [-0.39, 0.29) is 99.2 Å². The highest BCUT2D eigenvalue weighted by atomic mass is 19.1. The van der Waals surface area contributed by atoms with Gasteiger partial charge in [-0.1, -0.05) is 40.5 Å². The quantitative estimate of drug-likeness (QED) is 0.0180. The molecule has 0 aliphatic heterocycles. The van der Waals surface area contributed by atoms with E-state index >= 15 is 0 Å². The molecule has 0 aliphatic rings. The van der Waals surface area contributed by atoms with E-state index < -0.39 is 35.2 Å². The fourth-order valence-electron chi connectivity index (χ4n) is 9.12. The molecule has 22 nitrogen and oxygen atoms in total. The molecule has 16 N–H and O–H groups in total. The van der Waals surface area contributed by atoms with Crippen molar-refractivity contribution in [2.24, 2.45) is 40.5 Å². The molecular weight excluding hydrogens is 1160 g/mol. The molecule has 0 spiro atoms. The van der Waals surface area contributed by atoms with Gasteiger partial charge in [-0.15, -0.1) is 0 Å². The number of carbonyl (C=O) groups excluding carboxylic acids is 5. The Hall–Kier alpha value is -8.84. The Kier molecular flexibility index (Phi) is 28.9. The van der Waals surface area contributed by atoms with Crippen molar-refractivity contribution in [1.82, 2.24) is 29.9 Å². The number of halogens is 3. The molecule has 0 aromatic carbocycles. The molecule has 3 amide bonds. The van der Waals surface area contributed by atoms with Crippen LogP contribution in [0.4, 0.5) is 65.1 Å². The van der Waals surface area contributed by atoms with Gasteiger partial charge < -0.3 is 70.2 Å². The molecule has 0 saturated heterocycles. The first-order chi connectivity index (χ1) is 42.4. The Morgan fingerprint density at radius 3 is 0.989 bits per heavy atom. The minimum Gasteiger partial charge on any atom is -0.365 e. The average Bonchev–Trinajstić information content (AvgIpc) is 1.02. The van der Waals surface area contributed by atoms with E-state index in [0.717, 1.165) is 96.9 Å². The topological polar surface area (TPSA) is 365 Å². The number of anilines is 9. The summed E-state index contributed by atoms with van der Waals surface area (Å²) in [6.45, 7) is 25.1. The lowest BCUT2D eigenvalue weighted by molar-refractivity contribution is -0.118. The maximum atomic E-state index is 14.7. The zero-order chi connectivity index (χ0) is 67.1. The smallest absolute Gasteiger partial charge is 0.252 e. The second-order valence-corrected chi connectivity index (χ2v) is 23.4. The Morgan fingerprint density at radius 1 is 0.444 bits per heavy atom. The second kappa shape index (κ2) is 35.4. The van der Waals surface area contributed by atoms with Crippen LogP contribution in [0.5, 0.6) is 0 Å². The minimum atomic E-state index is -0.801. The van der Waals surface area contributed by atoms with Crippen LogP contribution >= 0.6 is 0 Å². The first-order valence-corrected chi connectivity index (χ1v) is 30.2. The standard InChI is InChI=1S/C23H32FN5O2.C22H31FN6O2.C20H29FN6O/c1-13(2)20(9-7-6-8-15(4)30)28-23-19(24)11-18(21(25)31)22(29-23)27-17-10-14(3)16(5)26-12-17;1-12-9-16(11-26-15(12)4)27-21-17(20(25)31)10-18(23)22(29-21)28-19(14(3)24)8-6-5-7-13(2)30;1-11(2)17(6-5-7-22)26-20-16(21)9-15(18(23)28)19(27-20)25-14-8-12(3)13(4)24-10-14/h10-13,20H,6-9H2,1-5H3,(H2,25,31)(H2,27,28,29);9-11,14,19H,5-8,24H2,1-4H3,(H2,25,31)(H2,27,28,29);8-11,17H,5-7,22H2,1-4H3,(H2,23,28)(H2,25,26,27)/t20-;14-,19+;17-/m101/s1. The number of amides is 3. The average molecular weight is 1250 g/mol. The van der Waals surface area contributed by atoms with Crippen LogP contribution in [0, 0.1) is 70.8 Å². The van der Waals surface area contributed by atoms with Crippen molar-refractivity contribution in [2.45, 2.75) is 178 Å². The summed E-state index contributed by atoms with van der Waals surface area (Å²) >= 11 is 0. The van der Waals surface area contributed by atoms with Crippen molar-refractivity contribution < 1.29 is 37.1 Å². The lowest BCUT2D eigenvalue weighted by Gasteiger charge is -2.24. The van der Waals surface area contributed by atoms with Crippen LogP contribution in [0.3, 0.4) is 0 Å². The molecule has 0 aliphatic carbocycles.